The molecule has 2 aromatic carbocycles. The average molecular weight is 468 g/mol. The number of nitro groups is 1. The minimum Gasteiger partial charge on any atom is -0.507 e. The number of carbonyl (C=O) groups is 2. The molecule has 1 aliphatic heterocycles. The van der Waals surface area contributed by atoms with Crippen LogP contribution in [0.1, 0.15) is 36.9 Å². The van der Waals surface area contributed by atoms with Gasteiger partial charge in [-0.15, -0.1) is 0 Å². The minimum absolute atomic E-state index is 0.0856. The van der Waals surface area contributed by atoms with Gasteiger partial charge in [0.2, 0.25) is 0 Å². The molecule has 9 nitrogen and oxygen atoms in total. The van der Waals surface area contributed by atoms with Crippen LogP contribution in [0.2, 0.25) is 0 Å². The highest BCUT2D eigenvalue weighted by atomic mass is 16.6. The number of carbonyl (C=O) groups excluding carboxylic acids is 2. The maximum atomic E-state index is 13.1. The van der Waals surface area contributed by atoms with E-state index in [1.165, 1.54) is 23.1 Å². The fourth-order valence-electron chi connectivity index (χ4n) is 3.91. The lowest BCUT2D eigenvalue weighted by Gasteiger charge is -2.25. The summed E-state index contributed by atoms with van der Waals surface area (Å²) in [7, 11) is 3.81. The van der Waals surface area contributed by atoms with Crippen LogP contribution in [0.4, 0.5) is 5.69 Å². The molecule has 0 aliphatic carbocycles. The molecule has 1 saturated heterocycles. The van der Waals surface area contributed by atoms with Gasteiger partial charge >= 0.3 is 0 Å². The van der Waals surface area contributed by atoms with Crippen LogP contribution in [0.15, 0.2) is 54.1 Å². The van der Waals surface area contributed by atoms with Gasteiger partial charge in [-0.1, -0.05) is 19.1 Å². The van der Waals surface area contributed by atoms with Crippen LogP contribution in [0.3, 0.4) is 0 Å². The number of non-ortho nitro benzene ring substituents is 1. The van der Waals surface area contributed by atoms with Crippen LogP contribution >= 0.6 is 0 Å². The summed E-state index contributed by atoms with van der Waals surface area (Å²) in [5.41, 5.74) is 0.500. The van der Waals surface area contributed by atoms with Crippen molar-refractivity contribution in [1.82, 2.24) is 9.80 Å². The highest BCUT2D eigenvalue weighted by molar-refractivity contribution is 6.46. The number of nitrogens with zero attached hydrogens (tertiary/aromatic N) is 3. The first-order chi connectivity index (χ1) is 16.2. The highest BCUT2D eigenvalue weighted by Gasteiger charge is 2.46. The third-order valence-electron chi connectivity index (χ3n) is 5.54. The first-order valence-electron chi connectivity index (χ1n) is 11.1. The van der Waals surface area contributed by atoms with Gasteiger partial charge in [0, 0.05) is 24.2 Å². The number of benzene rings is 2. The summed E-state index contributed by atoms with van der Waals surface area (Å²) in [6, 6.07) is 11.5. The molecule has 0 bridgehead atoms. The Morgan fingerprint density at radius 3 is 2.50 bits per heavy atom. The molecule has 1 aliphatic rings. The fourth-order valence-corrected chi connectivity index (χ4v) is 3.91. The molecule has 0 radical (unpaired) electrons. The topological polar surface area (TPSA) is 113 Å². The van der Waals surface area contributed by atoms with Crippen molar-refractivity contribution < 1.29 is 24.4 Å². The predicted octanol–water partition coefficient (Wildman–Crippen LogP) is 3.76. The van der Waals surface area contributed by atoms with Crippen LogP contribution in [-0.2, 0) is 9.59 Å². The maximum Gasteiger partial charge on any atom is 0.295 e. The minimum atomic E-state index is -0.932. The molecule has 0 saturated carbocycles. The average Bonchev–Trinajstić information content (AvgIpc) is 3.07. The summed E-state index contributed by atoms with van der Waals surface area (Å²) in [5.74, 6) is -1.25. The molecule has 2 aromatic rings. The van der Waals surface area contributed by atoms with E-state index in [-0.39, 0.29) is 23.6 Å². The van der Waals surface area contributed by atoms with E-state index in [0.29, 0.717) is 36.4 Å². The number of aliphatic hydroxyl groups is 1. The van der Waals surface area contributed by atoms with Crippen molar-refractivity contribution in [3.8, 4) is 5.75 Å². The molecule has 1 fully saturated rings. The lowest BCUT2D eigenvalue weighted by atomic mass is 9.95. The van der Waals surface area contributed by atoms with E-state index >= 15 is 0 Å². The molecule has 34 heavy (non-hydrogen) atoms. The van der Waals surface area contributed by atoms with E-state index in [0.717, 1.165) is 6.42 Å². The van der Waals surface area contributed by atoms with Gasteiger partial charge in [-0.3, -0.25) is 19.7 Å². The third-order valence-corrected chi connectivity index (χ3v) is 5.54. The molecule has 1 N–H and O–H groups in total. The summed E-state index contributed by atoms with van der Waals surface area (Å²) >= 11 is 0. The molecule has 1 heterocycles. The van der Waals surface area contributed by atoms with Gasteiger partial charge in [0.25, 0.3) is 17.4 Å². The summed E-state index contributed by atoms with van der Waals surface area (Å²) < 4.78 is 5.57. The summed E-state index contributed by atoms with van der Waals surface area (Å²) in [6.07, 6.45) is 1.44. The Labute approximate surface area is 198 Å². The monoisotopic (exact) mass is 467 g/mol. The second kappa shape index (κ2) is 10.9. The third kappa shape index (κ3) is 5.43. The van der Waals surface area contributed by atoms with Gasteiger partial charge < -0.3 is 19.6 Å². The Morgan fingerprint density at radius 1 is 1.18 bits per heavy atom. The molecule has 9 heteroatoms. The van der Waals surface area contributed by atoms with E-state index in [1.54, 1.807) is 30.3 Å². The number of hydrogen-bond acceptors (Lipinski definition) is 7. The number of rotatable bonds is 10. The smallest absolute Gasteiger partial charge is 0.295 e. The second-order valence-electron chi connectivity index (χ2n) is 8.37. The summed E-state index contributed by atoms with van der Waals surface area (Å²) in [6.45, 7) is 3.49. The SMILES string of the molecule is CCCOc1ccc(/C(O)=C2\C(=O)C(=O)N(CCCN(C)C)[C@@H]2c2cccc([N+](=O)[O-])c2)cc1. The molecule has 1 atom stereocenters. The van der Waals surface area contributed by atoms with Crippen LogP contribution in [0, 0.1) is 10.1 Å². The number of ketones is 1. The first-order valence-corrected chi connectivity index (χ1v) is 11.1. The molecular formula is C25H29N3O6. The number of ether oxygens (including phenoxy) is 1. The molecule has 0 aromatic heterocycles. The molecule has 3 rings (SSSR count). The van der Waals surface area contributed by atoms with Crippen molar-refractivity contribution in [2.45, 2.75) is 25.8 Å². The molecule has 0 spiro atoms. The van der Waals surface area contributed by atoms with Crippen molar-refractivity contribution in [3.05, 3.63) is 75.3 Å². The number of amides is 1. The van der Waals surface area contributed by atoms with Gasteiger partial charge in [-0.05, 0) is 63.3 Å². The zero-order valence-electron chi connectivity index (χ0n) is 19.6. The van der Waals surface area contributed by atoms with Gasteiger partial charge in [-0.2, -0.15) is 0 Å². The molecule has 1 amide bonds. The quantitative estimate of drug-likeness (QED) is 0.186. The van der Waals surface area contributed by atoms with E-state index in [9.17, 15) is 24.8 Å². The number of aliphatic hydroxyl groups excluding tert-OH is 1. The molecular weight excluding hydrogens is 438 g/mol. The van der Waals surface area contributed by atoms with Gasteiger partial charge in [0.15, 0.2) is 0 Å². The highest BCUT2D eigenvalue weighted by Crippen LogP contribution is 2.40. The number of hydrogen-bond donors (Lipinski definition) is 1. The Bertz CT molecular complexity index is 1090. The molecule has 0 unspecified atom stereocenters. The van der Waals surface area contributed by atoms with Crippen LogP contribution in [-0.4, -0.2) is 65.3 Å². The van der Waals surface area contributed by atoms with E-state index in [1.807, 2.05) is 25.9 Å². The number of nitro benzene ring substituents is 1. The Morgan fingerprint density at radius 2 is 1.88 bits per heavy atom. The van der Waals surface area contributed by atoms with E-state index < -0.39 is 22.7 Å². The maximum absolute atomic E-state index is 13.1. The van der Waals surface area contributed by atoms with Crippen molar-refractivity contribution in [2.24, 2.45) is 0 Å². The van der Waals surface area contributed by atoms with Gasteiger partial charge in [0.1, 0.15) is 11.5 Å². The lowest BCUT2D eigenvalue weighted by Crippen LogP contribution is -2.32. The van der Waals surface area contributed by atoms with Gasteiger partial charge in [-0.25, -0.2) is 0 Å². The number of likely N-dealkylation sites (tertiary alicyclic amines) is 1. The largest absolute Gasteiger partial charge is 0.507 e. The van der Waals surface area contributed by atoms with Crippen LogP contribution in [0.25, 0.3) is 5.76 Å². The van der Waals surface area contributed by atoms with Gasteiger partial charge in [0.05, 0.1) is 23.1 Å². The normalized spacial score (nSPS) is 17.4. The van der Waals surface area contributed by atoms with Crippen LogP contribution < -0.4 is 4.74 Å². The predicted molar refractivity (Wildman–Crippen MR) is 128 cm³/mol. The van der Waals surface area contributed by atoms with Crippen molar-refractivity contribution in [3.63, 3.8) is 0 Å². The second-order valence-corrected chi connectivity index (χ2v) is 8.37. The number of Topliss-reactive ketones (excluding diaryl/α,β-unsaturated/α-hetero) is 1. The first kappa shape index (κ1) is 24.9. The lowest BCUT2D eigenvalue weighted by molar-refractivity contribution is -0.384. The van der Waals surface area contributed by atoms with Crippen LogP contribution in [0.5, 0.6) is 5.75 Å². The summed E-state index contributed by atoms with van der Waals surface area (Å²) in [4.78, 5) is 40.2. The Balaban J connectivity index is 2.07. The fraction of sp³-hybridized carbons (Fsp3) is 0.360. The zero-order chi connectivity index (χ0) is 24.8. The van der Waals surface area contributed by atoms with Crippen molar-refractivity contribution >= 4 is 23.1 Å². The molecule has 180 valence electrons. The standard InChI is InChI=1S/C25H29N3O6/c1-4-15-34-20-11-9-17(10-12-20)23(29)21-22(18-7-5-8-19(16-18)28(32)33)27(25(31)24(21)30)14-6-13-26(2)3/h5,7-12,16,22,29H,4,6,13-15H2,1-3H3/b23-21+/t22-/m1/s1. The van der Waals surface area contributed by atoms with Crippen molar-refractivity contribution in [1.29, 1.82) is 0 Å². The van der Waals surface area contributed by atoms with E-state index in [4.69, 9.17) is 4.74 Å². The Hall–Kier alpha value is -3.72. The van der Waals surface area contributed by atoms with Crippen molar-refractivity contribution in [2.75, 3.05) is 33.8 Å². The Kier molecular flexibility index (Phi) is 8.01. The van der Waals surface area contributed by atoms with E-state index in [2.05, 4.69) is 0 Å². The zero-order valence-corrected chi connectivity index (χ0v) is 19.6. The summed E-state index contributed by atoms with van der Waals surface area (Å²) in [5, 5.41) is 22.5.